The summed E-state index contributed by atoms with van der Waals surface area (Å²) in [6, 6.07) is 14.6. The molecule has 0 saturated carbocycles. The molecule has 0 spiro atoms. The van der Waals surface area contributed by atoms with E-state index in [2.05, 4.69) is 15.6 Å². The van der Waals surface area contributed by atoms with Crippen molar-refractivity contribution >= 4 is 18.0 Å². The van der Waals surface area contributed by atoms with Gasteiger partial charge < -0.3 is 20.1 Å². The summed E-state index contributed by atoms with van der Waals surface area (Å²) in [5, 5.41) is 5.29. The van der Waals surface area contributed by atoms with Gasteiger partial charge in [0.1, 0.15) is 18.2 Å². The van der Waals surface area contributed by atoms with Gasteiger partial charge in [-0.15, -0.1) is 0 Å². The lowest BCUT2D eigenvalue weighted by Crippen LogP contribution is -2.46. The molecule has 10 nitrogen and oxygen atoms in total. The van der Waals surface area contributed by atoms with E-state index < -0.39 is 46.3 Å². The molecule has 212 valence electrons. The molecule has 2 N–H and O–H groups in total. The third-order valence-corrected chi connectivity index (χ3v) is 5.97. The second kappa shape index (κ2) is 13.5. The van der Waals surface area contributed by atoms with Gasteiger partial charge in [-0.2, -0.15) is 0 Å². The van der Waals surface area contributed by atoms with Crippen LogP contribution in [0.25, 0.3) is 0 Å². The molecule has 1 heterocycles. The SMILES string of the molecule is CCCCC(=O)Oc1c(C(=O)NCc2ccc(F)cc2)nc(C(C)(C)NC(=O)OCc2ccccc2)n(C)c1=O. The van der Waals surface area contributed by atoms with E-state index in [1.165, 1.54) is 31.3 Å². The Hall–Kier alpha value is -4.54. The number of benzene rings is 2. The van der Waals surface area contributed by atoms with Crippen molar-refractivity contribution in [2.75, 3.05) is 0 Å². The first-order valence-electron chi connectivity index (χ1n) is 12.9. The van der Waals surface area contributed by atoms with Crippen LogP contribution in [0.15, 0.2) is 59.4 Å². The molecular formula is C29H33FN4O6. The van der Waals surface area contributed by atoms with Gasteiger partial charge in [0.05, 0.1) is 5.54 Å². The highest BCUT2D eigenvalue weighted by Gasteiger charge is 2.33. The molecule has 1 aromatic heterocycles. The Balaban J connectivity index is 1.90. The fourth-order valence-corrected chi connectivity index (χ4v) is 3.81. The molecule has 0 saturated heterocycles. The zero-order valence-electron chi connectivity index (χ0n) is 23.0. The van der Waals surface area contributed by atoms with Gasteiger partial charge in [-0.25, -0.2) is 14.2 Å². The number of nitrogens with one attached hydrogen (secondary N) is 2. The first kappa shape index (κ1) is 30.0. The molecule has 0 atom stereocenters. The summed E-state index contributed by atoms with van der Waals surface area (Å²) in [4.78, 5) is 56.0. The number of hydrogen-bond donors (Lipinski definition) is 2. The van der Waals surface area contributed by atoms with E-state index >= 15 is 0 Å². The number of esters is 1. The second-order valence-corrected chi connectivity index (χ2v) is 9.68. The molecule has 40 heavy (non-hydrogen) atoms. The van der Waals surface area contributed by atoms with Crippen molar-refractivity contribution in [1.29, 1.82) is 0 Å². The number of halogens is 1. The minimum atomic E-state index is -1.28. The standard InChI is InChI=1S/C29H33FN4O6/c1-5-6-12-22(35)40-24-23(25(36)31-17-19-13-15-21(30)16-14-19)32-27(34(4)26(24)37)29(2,3)33-28(38)39-18-20-10-8-7-9-11-20/h7-11,13-16H,5-6,12,17-18H2,1-4H3,(H,31,36)(H,33,38). The van der Waals surface area contributed by atoms with E-state index in [0.717, 1.165) is 16.6 Å². The van der Waals surface area contributed by atoms with Crippen molar-refractivity contribution in [1.82, 2.24) is 20.2 Å². The molecule has 11 heteroatoms. The van der Waals surface area contributed by atoms with E-state index in [9.17, 15) is 23.6 Å². The third-order valence-electron chi connectivity index (χ3n) is 5.97. The van der Waals surface area contributed by atoms with E-state index in [-0.39, 0.29) is 25.4 Å². The average Bonchev–Trinajstić information content (AvgIpc) is 2.93. The largest absolute Gasteiger partial charge is 0.445 e. The fourth-order valence-electron chi connectivity index (χ4n) is 3.81. The maximum Gasteiger partial charge on any atom is 0.408 e. The Labute approximate surface area is 231 Å². The van der Waals surface area contributed by atoms with Crippen LogP contribution in [-0.4, -0.2) is 27.5 Å². The van der Waals surface area contributed by atoms with Crippen LogP contribution in [-0.2, 0) is 35.3 Å². The minimum Gasteiger partial charge on any atom is -0.445 e. The Morgan fingerprint density at radius 1 is 1.02 bits per heavy atom. The van der Waals surface area contributed by atoms with Crippen molar-refractivity contribution < 1.29 is 28.2 Å². The number of carbonyl (C=O) groups is 3. The number of nitrogens with zero attached hydrogens (tertiary/aromatic N) is 2. The van der Waals surface area contributed by atoms with Crippen LogP contribution in [0, 0.1) is 5.82 Å². The molecule has 0 bridgehead atoms. The molecule has 3 aromatic rings. The molecule has 0 unspecified atom stereocenters. The van der Waals surface area contributed by atoms with E-state index in [0.29, 0.717) is 12.0 Å². The topological polar surface area (TPSA) is 129 Å². The molecule has 0 radical (unpaired) electrons. The smallest absolute Gasteiger partial charge is 0.408 e. The van der Waals surface area contributed by atoms with Gasteiger partial charge in [0.2, 0.25) is 5.75 Å². The van der Waals surface area contributed by atoms with Crippen LogP contribution < -0.4 is 20.9 Å². The summed E-state index contributed by atoms with van der Waals surface area (Å²) in [5.41, 5.74) is -1.09. The number of unbranched alkanes of at least 4 members (excludes halogenated alkanes) is 1. The second-order valence-electron chi connectivity index (χ2n) is 9.68. The van der Waals surface area contributed by atoms with Gasteiger partial charge in [-0.3, -0.25) is 19.0 Å². The number of ether oxygens (including phenoxy) is 2. The number of aromatic nitrogens is 2. The highest BCUT2D eigenvalue weighted by atomic mass is 19.1. The van der Waals surface area contributed by atoms with E-state index in [4.69, 9.17) is 9.47 Å². The average molecular weight is 553 g/mol. The number of carbonyl (C=O) groups excluding carboxylic acids is 3. The van der Waals surface area contributed by atoms with Gasteiger partial charge in [-0.05, 0) is 43.5 Å². The molecular weight excluding hydrogens is 519 g/mol. The number of hydrogen-bond acceptors (Lipinski definition) is 7. The van der Waals surface area contributed by atoms with E-state index in [1.54, 1.807) is 26.0 Å². The van der Waals surface area contributed by atoms with Gasteiger partial charge >= 0.3 is 12.1 Å². The van der Waals surface area contributed by atoms with Crippen molar-refractivity contribution in [3.8, 4) is 5.75 Å². The summed E-state index contributed by atoms with van der Waals surface area (Å²) >= 11 is 0. The predicted molar refractivity (Wildman–Crippen MR) is 145 cm³/mol. The molecule has 0 aliphatic rings. The highest BCUT2D eigenvalue weighted by Crippen LogP contribution is 2.21. The van der Waals surface area contributed by atoms with Gasteiger partial charge in [-0.1, -0.05) is 55.8 Å². The zero-order chi connectivity index (χ0) is 29.3. The highest BCUT2D eigenvalue weighted by molar-refractivity contribution is 5.95. The van der Waals surface area contributed by atoms with Gasteiger partial charge in [0.25, 0.3) is 11.5 Å². The molecule has 0 aliphatic carbocycles. The summed E-state index contributed by atoms with van der Waals surface area (Å²) in [5.74, 6) is -2.39. The lowest BCUT2D eigenvalue weighted by Gasteiger charge is -2.27. The first-order valence-corrected chi connectivity index (χ1v) is 12.9. The Morgan fingerprint density at radius 3 is 2.35 bits per heavy atom. The van der Waals surface area contributed by atoms with Crippen LogP contribution in [0.3, 0.4) is 0 Å². The molecule has 0 aliphatic heterocycles. The number of alkyl carbamates (subject to hydrolysis) is 1. The minimum absolute atomic E-state index is 0.00200. The fraction of sp³-hybridized carbons (Fsp3) is 0.345. The maximum absolute atomic E-state index is 13.4. The van der Waals surface area contributed by atoms with Crippen molar-refractivity contribution in [3.63, 3.8) is 0 Å². The van der Waals surface area contributed by atoms with Crippen LogP contribution in [0.4, 0.5) is 9.18 Å². The van der Waals surface area contributed by atoms with Crippen LogP contribution in [0.5, 0.6) is 5.75 Å². The predicted octanol–water partition coefficient (Wildman–Crippen LogP) is 4.11. The zero-order valence-corrected chi connectivity index (χ0v) is 23.0. The van der Waals surface area contributed by atoms with Crippen LogP contribution >= 0.6 is 0 Å². The van der Waals surface area contributed by atoms with Gasteiger partial charge in [0.15, 0.2) is 5.69 Å². The van der Waals surface area contributed by atoms with Gasteiger partial charge in [0, 0.05) is 20.0 Å². The van der Waals surface area contributed by atoms with E-state index in [1.807, 2.05) is 25.1 Å². The third kappa shape index (κ3) is 7.98. The molecule has 0 fully saturated rings. The van der Waals surface area contributed by atoms with Crippen LogP contribution in [0.1, 0.15) is 67.5 Å². The molecule has 2 amide bonds. The molecule has 2 aromatic carbocycles. The maximum atomic E-state index is 13.4. The molecule has 3 rings (SSSR count). The summed E-state index contributed by atoms with van der Waals surface area (Å²) < 4.78 is 25.0. The Morgan fingerprint density at radius 2 is 1.70 bits per heavy atom. The first-order chi connectivity index (χ1) is 19.0. The van der Waals surface area contributed by atoms with Crippen LogP contribution in [0.2, 0.25) is 0 Å². The summed E-state index contributed by atoms with van der Waals surface area (Å²) in [7, 11) is 1.40. The summed E-state index contributed by atoms with van der Waals surface area (Å²) in [6.07, 6.45) is 0.563. The van der Waals surface area contributed by atoms with Crippen molar-refractivity contribution in [2.24, 2.45) is 7.05 Å². The quantitative estimate of drug-likeness (QED) is 0.343. The van der Waals surface area contributed by atoms with Crippen molar-refractivity contribution in [2.45, 2.75) is 58.7 Å². The lowest BCUT2D eigenvalue weighted by molar-refractivity contribution is -0.134. The number of amides is 2. The number of rotatable bonds is 11. The monoisotopic (exact) mass is 552 g/mol. The Kier molecular flexibility index (Phi) is 10.1. The Bertz CT molecular complexity index is 1400. The lowest BCUT2D eigenvalue weighted by atomic mass is 10.0. The summed E-state index contributed by atoms with van der Waals surface area (Å²) in [6.45, 7) is 5.11. The van der Waals surface area contributed by atoms with Crippen molar-refractivity contribution in [3.05, 3.63) is 93.4 Å². The normalized spacial score (nSPS) is 11.0.